The number of thiophene rings is 1. The monoisotopic (exact) mass is 501 g/mol. The fourth-order valence-electron chi connectivity index (χ4n) is 5.38. The summed E-state index contributed by atoms with van der Waals surface area (Å²) in [6.45, 7) is 3.07. The number of carbonyl (C=O) groups excluding carboxylic acids is 1. The van der Waals surface area contributed by atoms with Gasteiger partial charge in [0.15, 0.2) is 0 Å². The molecule has 6 rings (SSSR count). The van der Waals surface area contributed by atoms with E-state index in [-0.39, 0.29) is 17.9 Å². The third-order valence-corrected chi connectivity index (χ3v) is 8.38. The van der Waals surface area contributed by atoms with Crippen molar-refractivity contribution in [2.45, 2.75) is 45.2 Å². The lowest BCUT2D eigenvalue weighted by atomic mass is 9.95. The lowest BCUT2D eigenvalue weighted by Gasteiger charge is -2.31. The maximum absolute atomic E-state index is 13.9. The largest absolute Gasteiger partial charge is 0.494 e. The molecule has 0 saturated carbocycles. The van der Waals surface area contributed by atoms with Gasteiger partial charge in [0.05, 0.1) is 24.9 Å². The zero-order chi connectivity index (χ0) is 24.6. The van der Waals surface area contributed by atoms with Crippen molar-refractivity contribution in [3.63, 3.8) is 0 Å². The van der Waals surface area contributed by atoms with Crippen LogP contribution in [0.15, 0.2) is 66.9 Å². The number of anilines is 1. The number of rotatable bonds is 4. The Hall–Kier alpha value is -3.58. The number of hydrogen-bond acceptors (Lipinski definition) is 3. The van der Waals surface area contributed by atoms with E-state index in [0.717, 1.165) is 29.8 Å². The summed E-state index contributed by atoms with van der Waals surface area (Å²) in [4.78, 5) is 17.2. The van der Waals surface area contributed by atoms with Gasteiger partial charge in [0.2, 0.25) is 0 Å². The molecule has 0 saturated heterocycles. The molecule has 2 aromatic heterocycles. The standard InChI is InChI=1S/C29H28FN3O2S/c1-2-35-22-15-9-19(10-16-22)27-25-7-5-17-32(25)28-24(23-6-3-4-8-26(23)36-28)18-33(27)29(34)31-21-13-11-20(30)12-14-21/h5,7,9-17,27H,2-4,6,8,18H2,1H3,(H,31,34). The first kappa shape index (κ1) is 22.9. The van der Waals surface area contributed by atoms with Gasteiger partial charge < -0.3 is 19.5 Å². The van der Waals surface area contributed by atoms with Gasteiger partial charge in [0, 0.05) is 22.3 Å². The lowest BCUT2D eigenvalue weighted by molar-refractivity contribution is 0.194. The van der Waals surface area contributed by atoms with Crippen LogP contribution < -0.4 is 10.1 Å². The Balaban J connectivity index is 1.46. The van der Waals surface area contributed by atoms with Crippen molar-refractivity contribution in [3.8, 4) is 10.8 Å². The molecule has 36 heavy (non-hydrogen) atoms. The number of benzene rings is 2. The number of aromatic nitrogens is 1. The van der Waals surface area contributed by atoms with Crippen LogP contribution in [0.5, 0.6) is 5.75 Å². The Bertz CT molecular complexity index is 1390. The number of aryl methyl sites for hydroxylation is 1. The molecule has 1 atom stereocenters. The second-order valence-corrected chi connectivity index (χ2v) is 10.4. The van der Waals surface area contributed by atoms with Crippen molar-refractivity contribution < 1.29 is 13.9 Å². The first-order chi connectivity index (χ1) is 17.6. The average molecular weight is 502 g/mol. The molecule has 0 radical (unpaired) electrons. The van der Waals surface area contributed by atoms with Crippen LogP contribution in [-0.4, -0.2) is 22.1 Å². The minimum absolute atomic E-state index is 0.211. The minimum atomic E-state index is -0.331. The van der Waals surface area contributed by atoms with Crippen LogP contribution in [0.1, 0.15) is 53.1 Å². The summed E-state index contributed by atoms with van der Waals surface area (Å²) in [7, 11) is 0. The van der Waals surface area contributed by atoms with E-state index in [1.807, 2.05) is 47.4 Å². The third-order valence-electron chi connectivity index (χ3n) is 7.04. The van der Waals surface area contributed by atoms with Crippen LogP contribution in [0.4, 0.5) is 14.9 Å². The fraction of sp³-hybridized carbons (Fsp3) is 0.276. The van der Waals surface area contributed by atoms with Gasteiger partial charge in [-0.15, -0.1) is 11.3 Å². The summed E-state index contributed by atoms with van der Waals surface area (Å²) >= 11 is 1.87. The summed E-state index contributed by atoms with van der Waals surface area (Å²) < 4.78 is 21.4. The number of nitrogens with zero attached hydrogens (tertiary/aromatic N) is 2. The van der Waals surface area contributed by atoms with E-state index in [9.17, 15) is 9.18 Å². The molecule has 3 heterocycles. The van der Waals surface area contributed by atoms with E-state index in [1.54, 1.807) is 12.1 Å². The number of urea groups is 1. The van der Waals surface area contributed by atoms with E-state index < -0.39 is 0 Å². The number of halogens is 1. The molecule has 4 aromatic rings. The van der Waals surface area contributed by atoms with Crippen LogP contribution in [0, 0.1) is 5.82 Å². The number of nitrogens with one attached hydrogen (secondary N) is 1. The van der Waals surface area contributed by atoms with Crippen molar-refractivity contribution in [2.24, 2.45) is 0 Å². The summed E-state index contributed by atoms with van der Waals surface area (Å²) in [6.07, 6.45) is 6.67. The molecule has 0 spiro atoms. The quantitative estimate of drug-likeness (QED) is 0.324. The van der Waals surface area contributed by atoms with Crippen molar-refractivity contribution in [2.75, 3.05) is 11.9 Å². The fourth-order valence-corrected chi connectivity index (χ4v) is 6.78. The average Bonchev–Trinajstić information content (AvgIpc) is 3.48. The maximum Gasteiger partial charge on any atom is 0.322 e. The molecule has 1 N–H and O–H groups in total. The number of carbonyl (C=O) groups is 1. The normalized spacial score (nSPS) is 16.5. The molecule has 2 aromatic carbocycles. The van der Waals surface area contributed by atoms with E-state index >= 15 is 0 Å². The van der Waals surface area contributed by atoms with Crippen molar-refractivity contribution in [1.29, 1.82) is 0 Å². The highest BCUT2D eigenvalue weighted by Gasteiger charge is 2.36. The van der Waals surface area contributed by atoms with E-state index in [2.05, 4.69) is 28.2 Å². The summed E-state index contributed by atoms with van der Waals surface area (Å²) in [6, 6.07) is 17.6. The smallest absolute Gasteiger partial charge is 0.322 e. The zero-order valence-electron chi connectivity index (χ0n) is 20.2. The molecule has 1 unspecified atom stereocenters. The molecule has 7 heteroatoms. The summed E-state index contributed by atoms with van der Waals surface area (Å²) in [5.74, 6) is 0.475. The van der Waals surface area contributed by atoms with Gasteiger partial charge in [0.1, 0.15) is 16.6 Å². The van der Waals surface area contributed by atoms with Crippen LogP contribution in [0.3, 0.4) is 0 Å². The molecular formula is C29H28FN3O2S. The molecule has 2 aliphatic rings. The Morgan fingerprint density at radius 1 is 1.06 bits per heavy atom. The van der Waals surface area contributed by atoms with E-state index in [0.29, 0.717) is 18.8 Å². The predicted molar refractivity (Wildman–Crippen MR) is 141 cm³/mol. The first-order valence-corrected chi connectivity index (χ1v) is 13.3. The van der Waals surface area contributed by atoms with Gasteiger partial charge in [-0.05, 0) is 92.3 Å². The first-order valence-electron chi connectivity index (χ1n) is 12.5. The highest BCUT2D eigenvalue weighted by Crippen LogP contribution is 2.44. The Morgan fingerprint density at radius 3 is 2.61 bits per heavy atom. The summed E-state index contributed by atoms with van der Waals surface area (Å²) in [5.41, 5.74) is 5.28. The highest BCUT2D eigenvalue weighted by molar-refractivity contribution is 7.15. The van der Waals surface area contributed by atoms with Gasteiger partial charge in [-0.25, -0.2) is 9.18 Å². The Morgan fingerprint density at radius 2 is 1.83 bits per heavy atom. The number of amides is 2. The van der Waals surface area contributed by atoms with Crippen LogP contribution in [-0.2, 0) is 19.4 Å². The van der Waals surface area contributed by atoms with Gasteiger partial charge in [-0.1, -0.05) is 12.1 Å². The van der Waals surface area contributed by atoms with Crippen molar-refractivity contribution in [1.82, 2.24) is 9.47 Å². The predicted octanol–water partition coefficient (Wildman–Crippen LogP) is 7.09. The second kappa shape index (κ2) is 9.47. The molecule has 1 aliphatic heterocycles. The number of fused-ring (bicyclic) bond motifs is 5. The molecule has 184 valence electrons. The molecule has 0 fully saturated rings. The van der Waals surface area contributed by atoms with Gasteiger partial charge >= 0.3 is 6.03 Å². The Labute approximate surface area is 214 Å². The maximum atomic E-state index is 13.9. The van der Waals surface area contributed by atoms with E-state index in [1.165, 1.54) is 46.0 Å². The minimum Gasteiger partial charge on any atom is -0.494 e. The van der Waals surface area contributed by atoms with Gasteiger partial charge in [-0.2, -0.15) is 0 Å². The zero-order valence-corrected chi connectivity index (χ0v) is 21.0. The van der Waals surface area contributed by atoms with E-state index in [4.69, 9.17) is 4.74 Å². The topological polar surface area (TPSA) is 46.5 Å². The molecule has 5 nitrogen and oxygen atoms in total. The second-order valence-electron chi connectivity index (χ2n) is 9.27. The van der Waals surface area contributed by atoms with Crippen LogP contribution in [0.25, 0.3) is 5.00 Å². The van der Waals surface area contributed by atoms with Crippen LogP contribution in [0.2, 0.25) is 0 Å². The lowest BCUT2D eigenvalue weighted by Crippen LogP contribution is -2.38. The Kier molecular flexibility index (Phi) is 6.01. The molecule has 0 bridgehead atoms. The van der Waals surface area contributed by atoms with Crippen LogP contribution >= 0.6 is 11.3 Å². The molecule has 2 amide bonds. The number of ether oxygens (including phenoxy) is 1. The van der Waals surface area contributed by atoms with Crippen molar-refractivity contribution >= 4 is 23.1 Å². The van der Waals surface area contributed by atoms with Gasteiger partial charge in [-0.3, -0.25) is 0 Å². The third kappa shape index (κ3) is 4.07. The molecular weight excluding hydrogens is 473 g/mol. The SMILES string of the molecule is CCOc1ccc(C2c3cccn3-c3sc4c(c3CN2C(=O)Nc2ccc(F)cc2)CCCC4)cc1. The highest BCUT2D eigenvalue weighted by atomic mass is 32.1. The van der Waals surface area contributed by atoms with Crippen molar-refractivity contribution in [3.05, 3.63) is 99.9 Å². The molecule has 1 aliphatic carbocycles. The number of hydrogen-bond donors (Lipinski definition) is 1. The summed E-state index contributed by atoms with van der Waals surface area (Å²) in [5, 5.41) is 4.23. The van der Waals surface area contributed by atoms with Gasteiger partial charge in [0.25, 0.3) is 0 Å².